The van der Waals surface area contributed by atoms with E-state index in [4.69, 9.17) is 23.7 Å². The van der Waals surface area contributed by atoms with Crippen molar-refractivity contribution < 1.29 is 42.7 Å². The lowest BCUT2D eigenvalue weighted by Crippen LogP contribution is -2.51. The van der Waals surface area contributed by atoms with Gasteiger partial charge in [0.05, 0.1) is 40.9 Å². The third kappa shape index (κ3) is 7.67. The summed E-state index contributed by atoms with van der Waals surface area (Å²) in [4.78, 5) is 12.9. The van der Waals surface area contributed by atoms with Crippen LogP contribution in [0, 0.1) is 6.08 Å². The van der Waals surface area contributed by atoms with Crippen LogP contribution in [0.15, 0.2) is 170 Å². The zero-order valence-corrected chi connectivity index (χ0v) is 36.3. The first-order valence-electron chi connectivity index (χ1n) is 21.2. The number of hydrogen-bond donors (Lipinski definition) is 3. The number of anilines is 1. The van der Waals surface area contributed by atoms with Crippen molar-refractivity contribution in [3.05, 3.63) is 210 Å². The number of ether oxygens (including phenoxy) is 5. The van der Waals surface area contributed by atoms with Gasteiger partial charge in [-0.15, -0.1) is 0 Å². The molecule has 0 aliphatic carbocycles. The van der Waals surface area contributed by atoms with Crippen LogP contribution in [0.1, 0.15) is 39.6 Å². The highest BCUT2D eigenvalue weighted by Crippen LogP contribution is 2.47. The van der Waals surface area contributed by atoms with Crippen LogP contribution < -0.4 is 19.5 Å². The molecule has 0 saturated carbocycles. The number of imidazole rings is 1. The molecule has 1 aliphatic rings. The first-order valence-corrected chi connectivity index (χ1v) is 21.2. The highest BCUT2D eigenvalue weighted by atomic mass is 19.1. The van der Waals surface area contributed by atoms with Gasteiger partial charge in [-0.2, -0.15) is 14.4 Å². The van der Waals surface area contributed by atoms with E-state index < -0.39 is 54.5 Å². The molecule has 14 heteroatoms. The molecule has 2 aromatic heterocycles. The fraction of sp³-hybridized carbons (Fsp3) is 0.212. The van der Waals surface area contributed by atoms with Gasteiger partial charge in [0.1, 0.15) is 40.1 Å². The first-order chi connectivity index (χ1) is 32.2. The van der Waals surface area contributed by atoms with Gasteiger partial charge in [-0.25, -0.2) is 9.37 Å². The van der Waals surface area contributed by atoms with E-state index in [0.717, 1.165) is 16.7 Å². The van der Waals surface area contributed by atoms with Gasteiger partial charge < -0.3 is 39.2 Å². The number of hydrogen-bond acceptors (Lipinski definition) is 11. The summed E-state index contributed by atoms with van der Waals surface area (Å²) in [6.07, 6.45) is -5.63. The molecule has 1 aliphatic heterocycles. The summed E-state index contributed by atoms with van der Waals surface area (Å²) in [7, 11) is 4.72. The summed E-state index contributed by atoms with van der Waals surface area (Å²) in [6, 6.07) is 50.7. The third-order valence-corrected chi connectivity index (χ3v) is 12.4. The van der Waals surface area contributed by atoms with Gasteiger partial charge in [0.2, 0.25) is 0 Å². The van der Waals surface area contributed by atoms with Gasteiger partial charge in [-0.1, -0.05) is 127 Å². The summed E-state index contributed by atoms with van der Waals surface area (Å²) < 4.78 is 64.0. The summed E-state index contributed by atoms with van der Waals surface area (Å²) in [5.74, 6) is 1.85. The molecule has 0 spiro atoms. The number of rotatable bonds is 16. The SMILES string of the molecule is COc1ccc(C(Nc2nc(F)nc3c2ncn3[C@@H]2O[C@@](CO)(COC(c3ccccc3)(c3ccc(OC)cc3)c3ccc(OC)cc3)[C@@H](O)[C@@H]2F)(c2ccccc2)c2ccccc2)cc1. The summed E-state index contributed by atoms with van der Waals surface area (Å²) in [6.45, 7) is -1.38. The van der Waals surface area contributed by atoms with E-state index >= 15 is 8.78 Å². The Morgan fingerprint density at radius 3 is 1.56 bits per heavy atom. The van der Waals surface area contributed by atoms with Crippen molar-refractivity contribution in [2.75, 3.05) is 39.9 Å². The number of fused-ring (bicyclic) bond motifs is 1. The minimum atomic E-state index is -2.17. The second-order valence-corrected chi connectivity index (χ2v) is 15.9. The average molecular weight is 892 g/mol. The molecular formula is C52H47F2N5O7. The van der Waals surface area contributed by atoms with Gasteiger partial charge in [0.25, 0.3) is 0 Å². The predicted molar refractivity (Wildman–Crippen MR) is 244 cm³/mol. The van der Waals surface area contributed by atoms with Crippen LogP contribution in [0.3, 0.4) is 0 Å². The normalized spacial score (nSPS) is 18.6. The van der Waals surface area contributed by atoms with Gasteiger partial charge >= 0.3 is 6.08 Å². The zero-order valence-electron chi connectivity index (χ0n) is 36.3. The van der Waals surface area contributed by atoms with Gasteiger partial charge in [-0.05, 0) is 69.8 Å². The fourth-order valence-electron chi connectivity index (χ4n) is 8.91. The van der Waals surface area contributed by atoms with E-state index in [2.05, 4.69) is 20.3 Å². The standard InChI is InChI=1S/C52H47F2N5O7/c1-62-40-25-19-36(20-26-40)51(34-13-7-4-8-14-34,35-15-9-5-10-16-35)58-46-44-47(57-49(54)56-46)59(33-55-44)48-43(53)45(61)50(31-60,66-48)32-65-52(37-17-11-6-12-18-37,38-21-27-41(63-2)28-22-38)39-23-29-42(64-3)30-24-39/h4-30,33,43,45,48,60-61H,31-32H2,1-3H3,(H,56,57,58)/t43-,45-,48+,50-/m0/s1. The Labute approximate surface area is 380 Å². The van der Waals surface area contributed by atoms with Crippen LogP contribution in [0.25, 0.3) is 11.2 Å². The van der Waals surface area contributed by atoms with Crippen molar-refractivity contribution in [3.8, 4) is 17.2 Å². The van der Waals surface area contributed by atoms with Crippen molar-refractivity contribution in [1.29, 1.82) is 0 Å². The molecule has 0 radical (unpaired) electrons. The van der Waals surface area contributed by atoms with Crippen molar-refractivity contribution in [3.63, 3.8) is 0 Å². The maximum Gasteiger partial charge on any atom is 0.312 e. The van der Waals surface area contributed by atoms with Crippen LogP contribution in [0.5, 0.6) is 17.2 Å². The second-order valence-electron chi connectivity index (χ2n) is 15.9. The van der Waals surface area contributed by atoms with E-state index in [1.54, 1.807) is 45.6 Å². The number of nitrogens with zero attached hydrogens (tertiary/aromatic N) is 4. The van der Waals surface area contributed by atoms with Crippen LogP contribution in [-0.4, -0.2) is 82.2 Å². The van der Waals surface area contributed by atoms with Gasteiger partial charge in [0, 0.05) is 0 Å². The average Bonchev–Trinajstić information content (AvgIpc) is 3.91. The largest absolute Gasteiger partial charge is 0.497 e. The lowest BCUT2D eigenvalue weighted by molar-refractivity contribution is -0.177. The highest BCUT2D eigenvalue weighted by Gasteiger charge is 2.58. The summed E-state index contributed by atoms with van der Waals surface area (Å²) >= 11 is 0. The minimum absolute atomic E-state index is 0.00268. The van der Waals surface area contributed by atoms with Gasteiger partial charge in [-0.3, -0.25) is 4.57 Å². The molecule has 4 atom stereocenters. The molecular weight excluding hydrogens is 845 g/mol. The number of halogens is 2. The molecule has 3 heterocycles. The number of alkyl halides is 1. The number of benzene rings is 6. The lowest BCUT2D eigenvalue weighted by Gasteiger charge is -2.40. The molecule has 6 aromatic carbocycles. The minimum Gasteiger partial charge on any atom is -0.497 e. The van der Waals surface area contributed by atoms with E-state index in [9.17, 15) is 10.2 Å². The molecule has 0 amide bonds. The number of aliphatic hydroxyl groups is 2. The van der Waals surface area contributed by atoms with Crippen molar-refractivity contribution in [1.82, 2.24) is 19.5 Å². The van der Waals surface area contributed by atoms with Crippen LogP contribution in [0.2, 0.25) is 0 Å². The van der Waals surface area contributed by atoms with E-state index in [1.807, 2.05) is 140 Å². The molecule has 9 rings (SSSR count). The highest BCUT2D eigenvalue weighted by molar-refractivity contribution is 5.84. The summed E-state index contributed by atoms with van der Waals surface area (Å²) in [5, 5.41) is 26.5. The van der Waals surface area contributed by atoms with E-state index in [1.165, 1.54) is 10.9 Å². The quantitative estimate of drug-likeness (QED) is 0.0637. The van der Waals surface area contributed by atoms with Crippen molar-refractivity contribution >= 4 is 17.0 Å². The Hall–Kier alpha value is -7.23. The molecule has 336 valence electrons. The number of methoxy groups -OCH3 is 3. The Bertz CT molecular complexity index is 2790. The smallest absolute Gasteiger partial charge is 0.312 e. The molecule has 12 nitrogen and oxygen atoms in total. The molecule has 1 fully saturated rings. The maximum atomic E-state index is 16.9. The molecule has 0 bridgehead atoms. The van der Waals surface area contributed by atoms with Gasteiger partial charge in [0.15, 0.2) is 29.4 Å². The Morgan fingerprint density at radius 1 is 0.652 bits per heavy atom. The van der Waals surface area contributed by atoms with E-state index in [0.29, 0.717) is 33.9 Å². The Balaban J connectivity index is 1.12. The van der Waals surface area contributed by atoms with E-state index in [-0.39, 0.29) is 17.0 Å². The third-order valence-electron chi connectivity index (χ3n) is 12.4. The van der Waals surface area contributed by atoms with Crippen molar-refractivity contribution in [2.24, 2.45) is 0 Å². The molecule has 0 unspecified atom stereocenters. The number of aliphatic hydroxyl groups excluding tert-OH is 2. The lowest BCUT2D eigenvalue weighted by atomic mass is 9.77. The first kappa shape index (κ1) is 44.0. The molecule has 3 N–H and O–H groups in total. The topological polar surface area (TPSA) is 142 Å². The molecule has 1 saturated heterocycles. The fourth-order valence-corrected chi connectivity index (χ4v) is 8.91. The van der Waals surface area contributed by atoms with Crippen molar-refractivity contribution in [2.45, 2.75) is 35.2 Å². The summed E-state index contributed by atoms with van der Waals surface area (Å²) in [5.41, 5.74) is -0.289. The zero-order chi connectivity index (χ0) is 45.9. The Morgan fingerprint density at radius 2 is 1.09 bits per heavy atom. The van der Waals surface area contributed by atoms with Crippen LogP contribution in [0.4, 0.5) is 14.6 Å². The predicted octanol–water partition coefficient (Wildman–Crippen LogP) is 8.36. The molecule has 66 heavy (non-hydrogen) atoms. The Kier molecular flexibility index (Phi) is 12.2. The second kappa shape index (κ2) is 18.3. The molecule has 8 aromatic rings. The number of nitrogens with one attached hydrogen (secondary N) is 1. The monoisotopic (exact) mass is 891 g/mol. The number of aromatic nitrogens is 4. The van der Waals surface area contributed by atoms with Crippen LogP contribution in [-0.2, 0) is 20.6 Å². The maximum absolute atomic E-state index is 16.9. The van der Waals surface area contributed by atoms with Crippen LogP contribution >= 0.6 is 0 Å².